The van der Waals surface area contributed by atoms with Crippen molar-refractivity contribution in [3.8, 4) is 0 Å². The van der Waals surface area contributed by atoms with Crippen LogP contribution >= 0.6 is 0 Å². The minimum atomic E-state index is -0.853. The molecule has 0 atom stereocenters. The first-order valence-corrected chi connectivity index (χ1v) is 8.53. The molecular weight excluding hydrogens is 320 g/mol. The standard InChI is InChI=1S/C17H28N6O2/c1-5-23-11-14(10-19-20-15(18)9-16(23)24)12(2)21-22(4)13(3)17(25)7-6-8-17/h11,19,25H,3,5-10H2,1-2,4H3,(H2,18,20)/b14-11+,21-12+. The molecule has 0 bridgehead atoms. The summed E-state index contributed by atoms with van der Waals surface area (Å²) in [6.45, 7) is 8.66. The molecule has 0 spiro atoms. The molecule has 1 aliphatic heterocycles. The Kier molecular flexibility index (Phi) is 5.84. The van der Waals surface area contributed by atoms with Crippen LogP contribution < -0.4 is 11.2 Å². The molecule has 8 nitrogen and oxygen atoms in total. The third-order valence-electron chi connectivity index (χ3n) is 4.67. The minimum absolute atomic E-state index is 0.0740. The number of nitrogens with zero attached hydrogens (tertiary/aromatic N) is 4. The predicted molar refractivity (Wildman–Crippen MR) is 98.5 cm³/mol. The molecule has 0 unspecified atom stereocenters. The largest absolute Gasteiger partial charge is 0.385 e. The molecule has 0 saturated heterocycles. The van der Waals surface area contributed by atoms with Gasteiger partial charge < -0.3 is 21.2 Å². The Morgan fingerprint density at radius 2 is 2.28 bits per heavy atom. The van der Waals surface area contributed by atoms with Gasteiger partial charge in [0, 0.05) is 25.4 Å². The van der Waals surface area contributed by atoms with Crippen molar-refractivity contribution < 1.29 is 9.90 Å². The van der Waals surface area contributed by atoms with Gasteiger partial charge in [0.05, 0.1) is 24.4 Å². The van der Waals surface area contributed by atoms with Crippen LogP contribution in [0, 0.1) is 0 Å². The lowest BCUT2D eigenvalue weighted by Gasteiger charge is -2.40. The van der Waals surface area contributed by atoms with Crippen LogP contribution in [0.5, 0.6) is 0 Å². The summed E-state index contributed by atoms with van der Waals surface area (Å²) in [7, 11) is 1.77. The molecule has 8 heteroatoms. The van der Waals surface area contributed by atoms with Gasteiger partial charge in [0.1, 0.15) is 11.4 Å². The van der Waals surface area contributed by atoms with E-state index >= 15 is 0 Å². The Hall–Kier alpha value is -2.35. The maximum Gasteiger partial charge on any atom is 0.234 e. The van der Waals surface area contributed by atoms with Gasteiger partial charge in [0.2, 0.25) is 5.91 Å². The first-order chi connectivity index (χ1) is 11.8. The van der Waals surface area contributed by atoms with Gasteiger partial charge in [-0.05, 0) is 33.1 Å². The first kappa shape index (κ1) is 19.0. The predicted octanol–water partition coefficient (Wildman–Crippen LogP) is 0.721. The number of hydrazone groups is 2. The zero-order valence-electron chi connectivity index (χ0n) is 15.2. The Morgan fingerprint density at radius 1 is 1.60 bits per heavy atom. The number of amides is 1. The van der Waals surface area contributed by atoms with Crippen LogP contribution in [0.15, 0.2) is 34.3 Å². The fourth-order valence-corrected chi connectivity index (χ4v) is 2.77. The van der Waals surface area contributed by atoms with Gasteiger partial charge in [-0.25, -0.2) is 0 Å². The van der Waals surface area contributed by atoms with Crippen molar-refractivity contribution in [2.75, 3.05) is 20.1 Å². The van der Waals surface area contributed by atoms with Gasteiger partial charge >= 0.3 is 0 Å². The maximum atomic E-state index is 12.2. The topological polar surface area (TPSA) is 107 Å². The van der Waals surface area contributed by atoms with Crippen LogP contribution in [0.2, 0.25) is 0 Å². The molecule has 1 aliphatic carbocycles. The lowest BCUT2D eigenvalue weighted by molar-refractivity contribution is -0.127. The molecule has 0 aromatic heterocycles. The number of nitrogens with two attached hydrogens (primary N) is 1. The molecule has 4 N–H and O–H groups in total. The Morgan fingerprint density at radius 3 is 2.84 bits per heavy atom. The maximum absolute atomic E-state index is 12.2. The molecule has 2 rings (SSSR count). The van der Waals surface area contributed by atoms with Gasteiger partial charge in [0.15, 0.2) is 0 Å². The number of carbonyl (C=O) groups excluding carboxylic acids is 1. The van der Waals surface area contributed by atoms with E-state index in [1.807, 2.05) is 13.8 Å². The van der Waals surface area contributed by atoms with E-state index in [1.54, 1.807) is 23.2 Å². The van der Waals surface area contributed by atoms with Crippen molar-refractivity contribution in [3.63, 3.8) is 0 Å². The number of nitrogens with one attached hydrogen (secondary N) is 1. The molecule has 1 fully saturated rings. The molecule has 138 valence electrons. The average molecular weight is 348 g/mol. The van der Waals surface area contributed by atoms with Crippen LogP contribution in [0.3, 0.4) is 0 Å². The molecule has 1 heterocycles. The molecule has 0 radical (unpaired) electrons. The van der Waals surface area contributed by atoms with E-state index in [2.05, 4.69) is 22.2 Å². The van der Waals surface area contributed by atoms with Crippen LogP contribution in [0.25, 0.3) is 0 Å². The van der Waals surface area contributed by atoms with Crippen LogP contribution in [-0.4, -0.2) is 58.2 Å². The van der Waals surface area contributed by atoms with E-state index in [0.717, 1.165) is 12.0 Å². The van der Waals surface area contributed by atoms with Gasteiger partial charge in [0.25, 0.3) is 0 Å². The second-order valence-corrected chi connectivity index (χ2v) is 6.49. The zero-order valence-corrected chi connectivity index (χ0v) is 15.2. The van der Waals surface area contributed by atoms with E-state index in [4.69, 9.17) is 5.73 Å². The van der Waals surface area contributed by atoms with Crippen molar-refractivity contribution in [2.24, 2.45) is 15.9 Å². The highest BCUT2D eigenvalue weighted by molar-refractivity contribution is 6.01. The quantitative estimate of drug-likeness (QED) is 0.501. The molecule has 0 aromatic rings. The smallest absolute Gasteiger partial charge is 0.234 e. The fraction of sp³-hybridized carbons (Fsp3) is 0.588. The number of likely N-dealkylation sites (N-methyl/N-ethyl adjacent to an activating group) is 1. The number of rotatable bonds is 5. The second-order valence-electron chi connectivity index (χ2n) is 6.49. The van der Waals surface area contributed by atoms with E-state index in [0.29, 0.717) is 37.3 Å². The molecule has 2 aliphatic rings. The van der Waals surface area contributed by atoms with Crippen molar-refractivity contribution in [2.45, 2.75) is 45.1 Å². The van der Waals surface area contributed by atoms with Gasteiger partial charge in [-0.15, -0.1) is 0 Å². The first-order valence-electron chi connectivity index (χ1n) is 8.53. The summed E-state index contributed by atoms with van der Waals surface area (Å²) in [6, 6.07) is 0. The highest BCUT2D eigenvalue weighted by Gasteiger charge is 2.39. The van der Waals surface area contributed by atoms with Gasteiger partial charge in [-0.3, -0.25) is 9.80 Å². The third-order valence-corrected chi connectivity index (χ3v) is 4.67. The minimum Gasteiger partial charge on any atom is -0.385 e. The zero-order chi connectivity index (χ0) is 18.6. The normalized spacial score (nSPS) is 25.2. The van der Waals surface area contributed by atoms with Crippen molar-refractivity contribution in [1.82, 2.24) is 15.3 Å². The van der Waals surface area contributed by atoms with E-state index in [9.17, 15) is 9.90 Å². The fourth-order valence-electron chi connectivity index (χ4n) is 2.77. The Balaban J connectivity index is 2.21. The lowest BCUT2D eigenvalue weighted by Crippen LogP contribution is -2.43. The summed E-state index contributed by atoms with van der Waals surface area (Å²) in [4.78, 5) is 13.8. The summed E-state index contributed by atoms with van der Waals surface area (Å²) in [5.41, 5.74) is 9.86. The monoisotopic (exact) mass is 348 g/mol. The Bertz CT molecular complexity index is 633. The Labute approximate surface area is 148 Å². The molecule has 1 saturated carbocycles. The summed E-state index contributed by atoms with van der Waals surface area (Å²) in [5, 5.41) is 20.6. The number of aliphatic hydroxyl groups is 1. The van der Waals surface area contributed by atoms with Gasteiger partial charge in [-0.1, -0.05) is 6.58 Å². The summed E-state index contributed by atoms with van der Waals surface area (Å²) < 4.78 is 0. The van der Waals surface area contributed by atoms with Crippen molar-refractivity contribution >= 4 is 17.5 Å². The highest BCUT2D eigenvalue weighted by Crippen LogP contribution is 2.38. The summed E-state index contributed by atoms with van der Waals surface area (Å²) >= 11 is 0. The van der Waals surface area contributed by atoms with E-state index in [-0.39, 0.29) is 18.2 Å². The highest BCUT2D eigenvalue weighted by atomic mass is 16.3. The molecule has 0 aromatic carbocycles. The summed E-state index contributed by atoms with van der Waals surface area (Å²) in [5.74, 6) is 0.143. The van der Waals surface area contributed by atoms with E-state index in [1.165, 1.54) is 0 Å². The second kappa shape index (κ2) is 7.69. The van der Waals surface area contributed by atoms with Crippen LogP contribution in [0.1, 0.15) is 39.5 Å². The van der Waals surface area contributed by atoms with Crippen LogP contribution in [0.4, 0.5) is 0 Å². The van der Waals surface area contributed by atoms with Crippen LogP contribution in [-0.2, 0) is 4.79 Å². The number of hydrogen-bond donors (Lipinski definition) is 3. The van der Waals surface area contributed by atoms with Crippen molar-refractivity contribution in [1.29, 1.82) is 0 Å². The number of hydrogen-bond acceptors (Lipinski definition) is 7. The van der Waals surface area contributed by atoms with E-state index < -0.39 is 5.60 Å². The molecular formula is C17H28N6O2. The SMILES string of the molecule is C=C(N(C)/N=C(C)/C1=C/N(CC)C(=O)C/C(N)=N\NC1)C1(O)CCC1. The number of amidine groups is 1. The molecule has 1 amide bonds. The molecule has 25 heavy (non-hydrogen) atoms. The lowest BCUT2D eigenvalue weighted by atomic mass is 9.78. The average Bonchev–Trinajstić information content (AvgIpc) is 2.60. The number of carbonyl (C=O) groups is 1. The van der Waals surface area contributed by atoms with Crippen molar-refractivity contribution in [3.05, 3.63) is 24.0 Å². The van der Waals surface area contributed by atoms with Gasteiger partial charge in [-0.2, -0.15) is 10.2 Å². The third kappa shape index (κ3) is 4.39. The summed E-state index contributed by atoms with van der Waals surface area (Å²) in [6.07, 6.45) is 4.26.